The number of fused-ring (bicyclic) bond motifs is 1. The summed E-state index contributed by atoms with van der Waals surface area (Å²) in [7, 11) is 0. The number of para-hydroxylation sites is 1. The molecule has 6 nitrogen and oxygen atoms in total. The number of carbonyl (C=O) groups is 1. The van der Waals surface area contributed by atoms with Crippen LogP contribution in [0.1, 0.15) is 16.7 Å². The normalized spacial score (nSPS) is 11.2. The summed E-state index contributed by atoms with van der Waals surface area (Å²) < 4.78 is 1.55. The lowest BCUT2D eigenvalue weighted by molar-refractivity contribution is -0.118. The Kier molecular flexibility index (Phi) is 6.47. The number of aromatic nitrogens is 2. The Balaban J connectivity index is 1.56. The minimum atomic E-state index is -0.281. The van der Waals surface area contributed by atoms with Crippen molar-refractivity contribution in [3.05, 3.63) is 99.8 Å². The molecule has 0 bridgehead atoms. The topological polar surface area (TPSA) is 76.3 Å². The summed E-state index contributed by atoms with van der Waals surface area (Å²) in [5.41, 5.74) is 6.81. The summed E-state index contributed by atoms with van der Waals surface area (Å²) >= 11 is 1.20. The molecule has 160 valence electrons. The lowest BCUT2D eigenvalue weighted by atomic mass is 10.2. The lowest BCUT2D eigenvalue weighted by Crippen LogP contribution is -2.24. The molecule has 0 atom stereocenters. The van der Waals surface area contributed by atoms with Gasteiger partial charge in [-0.3, -0.25) is 14.2 Å². The van der Waals surface area contributed by atoms with Crippen molar-refractivity contribution in [1.82, 2.24) is 15.0 Å². The number of nitrogens with zero attached hydrogens (tertiary/aromatic N) is 3. The molecule has 1 N–H and O–H groups in total. The molecular weight excluding hydrogens is 420 g/mol. The smallest absolute Gasteiger partial charge is 0.266 e. The molecule has 1 amide bonds. The van der Waals surface area contributed by atoms with E-state index in [1.807, 2.05) is 74.5 Å². The van der Waals surface area contributed by atoms with Crippen LogP contribution in [-0.2, 0) is 4.79 Å². The van der Waals surface area contributed by atoms with Crippen molar-refractivity contribution in [2.24, 2.45) is 5.10 Å². The molecule has 3 aromatic carbocycles. The van der Waals surface area contributed by atoms with Gasteiger partial charge >= 0.3 is 0 Å². The Morgan fingerprint density at radius 3 is 2.38 bits per heavy atom. The van der Waals surface area contributed by atoms with Gasteiger partial charge in [0.15, 0.2) is 5.16 Å². The number of benzene rings is 3. The van der Waals surface area contributed by atoms with Gasteiger partial charge in [-0.1, -0.05) is 71.4 Å². The van der Waals surface area contributed by atoms with Gasteiger partial charge in [-0.15, -0.1) is 0 Å². The Morgan fingerprint density at radius 1 is 1.00 bits per heavy atom. The number of amides is 1. The van der Waals surface area contributed by atoms with E-state index in [1.165, 1.54) is 11.8 Å². The number of hydrazone groups is 1. The standard InChI is InChI=1S/C25H22N4O2S/c1-17-7-11-19(12-8-17)15-26-28-23(30)16-32-25-27-22-6-4-3-5-21(22)24(31)29(25)20-13-9-18(2)10-14-20/h3-15H,16H2,1-2H3,(H,28,30). The monoisotopic (exact) mass is 442 g/mol. The highest BCUT2D eigenvalue weighted by Gasteiger charge is 2.14. The molecule has 7 heteroatoms. The highest BCUT2D eigenvalue weighted by molar-refractivity contribution is 7.99. The van der Waals surface area contributed by atoms with E-state index in [4.69, 9.17) is 0 Å². The van der Waals surface area contributed by atoms with Crippen LogP contribution in [0.4, 0.5) is 0 Å². The molecule has 1 heterocycles. The van der Waals surface area contributed by atoms with E-state index >= 15 is 0 Å². The van der Waals surface area contributed by atoms with E-state index < -0.39 is 0 Å². The van der Waals surface area contributed by atoms with Gasteiger partial charge in [-0.05, 0) is 43.7 Å². The molecule has 32 heavy (non-hydrogen) atoms. The highest BCUT2D eigenvalue weighted by atomic mass is 32.2. The number of nitrogens with one attached hydrogen (secondary N) is 1. The molecule has 0 saturated carbocycles. The number of carbonyl (C=O) groups excluding carboxylic acids is 1. The van der Waals surface area contributed by atoms with Gasteiger partial charge in [-0.25, -0.2) is 10.4 Å². The Labute approximate surface area is 190 Å². The van der Waals surface area contributed by atoms with Crippen LogP contribution in [0.2, 0.25) is 0 Å². The minimum Gasteiger partial charge on any atom is -0.272 e. The molecule has 0 aliphatic rings. The Hall–Kier alpha value is -3.71. The van der Waals surface area contributed by atoms with Crippen LogP contribution < -0.4 is 11.0 Å². The van der Waals surface area contributed by atoms with Gasteiger partial charge in [0.25, 0.3) is 11.5 Å². The first kappa shape index (κ1) is 21.5. The van der Waals surface area contributed by atoms with Crippen molar-refractivity contribution in [1.29, 1.82) is 0 Å². The molecule has 0 saturated heterocycles. The predicted octanol–water partition coefficient (Wildman–Crippen LogP) is 4.24. The maximum absolute atomic E-state index is 13.2. The van der Waals surface area contributed by atoms with Gasteiger partial charge in [0, 0.05) is 0 Å². The molecule has 0 radical (unpaired) electrons. The molecule has 0 fully saturated rings. The summed E-state index contributed by atoms with van der Waals surface area (Å²) in [5.74, 6) is -0.210. The van der Waals surface area contributed by atoms with E-state index in [9.17, 15) is 9.59 Å². The summed E-state index contributed by atoms with van der Waals surface area (Å²) in [4.78, 5) is 30.2. The van der Waals surface area contributed by atoms with Crippen LogP contribution in [-0.4, -0.2) is 27.4 Å². The molecule has 4 rings (SSSR count). The number of thioether (sulfide) groups is 1. The van der Waals surface area contributed by atoms with Crippen molar-refractivity contribution >= 4 is 34.8 Å². The van der Waals surface area contributed by atoms with Gasteiger partial charge in [-0.2, -0.15) is 5.10 Å². The van der Waals surface area contributed by atoms with Crippen LogP contribution in [0, 0.1) is 13.8 Å². The van der Waals surface area contributed by atoms with E-state index in [1.54, 1.807) is 22.9 Å². The summed E-state index contributed by atoms with van der Waals surface area (Å²) in [6, 6.07) is 22.7. The van der Waals surface area contributed by atoms with Crippen LogP contribution in [0.15, 0.2) is 87.8 Å². The molecule has 0 unspecified atom stereocenters. The third-order valence-electron chi connectivity index (χ3n) is 4.85. The zero-order chi connectivity index (χ0) is 22.5. The molecule has 0 spiro atoms. The van der Waals surface area contributed by atoms with Crippen molar-refractivity contribution in [3.8, 4) is 5.69 Å². The second-order valence-electron chi connectivity index (χ2n) is 7.38. The molecule has 1 aromatic heterocycles. The average Bonchev–Trinajstić information content (AvgIpc) is 2.80. The third-order valence-corrected chi connectivity index (χ3v) is 5.79. The SMILES string of the molecule is Cc1ccc(C=NNC(=O)CSc2nc3ccccc3c(=O)n2-c2ccc(C)cc2)cc1. The average molecular weight is 443 g/mol. The number of aryl methyl sites for hydroxylation is 2. The largest absolute Gasteiger partial charge is 0.272 e. The van der Waals surface area contributed by atoms with Crippen molar-refractivity contribution in [2.75, 3.05) is 5.75 Å². The van der Waals surface area contributed by atoms with E-state index in [2.05, 4.69) is 15.5 Å². The first-order valence-electron chi connectivity index (χ1n) is 10.1. The van der Waals surface area contributed by atoms with Crippen LogP contribution >= 0.6 is 11.8 Å². The fraction of sp³-hybridized carbons (Fsp3) is 0.120. The lowest BCUT2D eigenvalue weighted by Gasteiger charge is -2.13. The molecule has 4 aromatic rings. The first-order chi connectivity index (χ1) is 15.5. The summed E-state index contributed by atoms with van der Waals surface area (Å²) in [6.45, 7) is 4.00. The second-order valence-corrected chi connectivity index (χ2v) is 8.32. The minimum absolute atomic E-state index is 0.0713. The number of hydrogen-bond donors (Lipinski definition) is 1. The van der Waals surface area contributed by atoms with Gasteiger partial charge in [0.1, 0.15) is 0 Å². The van der Waals surface area contributed by atoms with Gasteiger partial charge < -0.3 is 0 Å². The maximum Gasteiger partial charge on any atom is 0.266 e. The highest BCUT2D eigenvalue weighted by Crippen LogP contribution is 2.21. The molecular formula is C25H22N4O2S. The Bertz CT molecular complexity index is 1340. The van der Waals surface area contributed by atoms with Crippen LogP contribution in [0.25, 0.3) is 16.6 Å². The van der Waals surface area contributed by atoms with Crippen LogP contribution in [0.5, 0.6) is 0 Å². The van der Waals surface area contributed by atoms with Gasteiger partial charge in [0.2, 0.25) is 0 Å². The quantitative estimate of drug-likeness (QED) is 0.210. The summed E-state index contributed by atoms with van der Waals surface area (Å²) in [5, 5.41) is 5.00. The van der Waals surface area contributed by atoms with E-state index in [-0.39, 0.29) is 17.2 Å². The van der Waals surface area contributed by atoms with Gasteiger partial charge in [0.05, 0.1) is 28.6 Å². The maximum atomic E-state index is 13.2. The summed E-state index contributed by atoms with van der Waals surface area (Å²) in [6.07, 6.45) is 1.60. The number of hydrogen-bond acceptors (Lipinski definition) is 5. The molecule has 0 aliphatic heterocycles. The fourth-order valence-electron chi connectivity index (χ4n) is 3.12. The third kappa shape index (κ3) is 4.95. The number of rotatable bonds is 6. The first-order valence-corrected chi connectivity index (χ1v) is 11.1. The Morgan fingerprint density at radius 2 is 1.66 bits per heavy atom. The van der Waals surface area contributed by atoms with E-state index in [0.29, 0.717) is 21.7 Å². The fourth-order valence-corrected chi connectivity index (χ4v) is 3.93. The van der Waals surface area contributed by atoms with Crippen LogP contribution in [0.3, 0.4) is 0 Å². The van der Waals surface area contributed by atoms with E-state index in [0.717, 1.165) is 16.7 Å². The van der Waals surface area contributed by atoms with Crippen molar-refractivity contribution in [2.45, 2.75) is 19.0 Å². The molecule has 0 aliphatic carbocycles. The predicted molar refractivity (Wildman–Crippen MR) is 130 cm³/mol. The second kappa shape index (κ2) is 9.62. The zero-order valence-corrected chi connectivity index (χ0v) is 18.6. The van der Waals surface area contributed by atoms with Crippen molar-refractivity contribution < 1.29 is 4.79 Å². The van der Waals surface area contributed by atoms with Crippen molar-refractivity contribution in [3.63, 3.8) is 0 Å². The zero-order valence-electron chi connectivity index (χ0n) is 17.8.